The summed E-state index contributed by atoms with van der Waals surface area (Å²) in [5.41, 5.74) is 0.295. The molecule has 1 aliphatic carbocycles. The van der Waals surface area contributed by atoms with E-state index in [-0.39, 0.29) is 23.2 Å². The number of hydrogen-bond donors (Lipinski definition) is 3. The average Bonchev–Trinajstić information content (AvgIpc) is 3.00. The van der Waals surface area contributed by atoms with E-state index in [1.807, 2.05) is 11.4 Å². The molecule has 128 valence electrons. The predicted molar refractivity (Wildman–Crippen MR) is 90.5 cm³/mol. The van der Waals surface area contributed by atoms with Crippen molar-refractivity contribution >= 4 is 33.5 Å². The molecule has 2 aromatic heterocycles. The standard InChI is InChI=1S/C16H19N3O4S/c20-13-12-11(3-5-24-12)18-15(19-13)17-8-10-2-1-4-16(23-10)6-9(7-16)14(21)22/h3,5,9-10H,1-2,4,6-8H2,(H,21,22)(H2,17,18,19,20). The number of H-pyrrole nitrogens is 1. The molecule has 7 nitrogen and oxygen atoms in total. The summed E-state index contributed by atoms with van der Waals surface area (Å²) in [6.07, 6.45) is 4.12. The summed E-state index contributed by atoms with van der Waals surface area (Å²) in [7, 11) is 0. The molecule has 1 aliphatic heterocycles. The molecule has 0 amide bonds. The average molecular weight is 349 g/mol. The van der Waals surface area contributed by atoms with Crippen molar-refractivity contribution in [3.63, 3.8) is 0 Å². The number of nitrogens with zero attached hydrogens (tertiary/aromatic N) is 1. The van der Waals surface area contributed by atoms with Crippen LogP contribution in [0.3, 0.4) is 0 Å². The van der Waals surface area contributed by atoms with Crippen molar-refractivity contribution in [3.8, 4) is 0 Å². The summed E-state index contributed by atoms with van der Waals surface area (Å²) in [4.78, 5) is 30.1. The molecule has 1 atom stereocenters. The van der Waals surface area contributed by atoms with Gasteiger partial charge in [0.1, 0.15) is 4.70 Å². The number of nitrogens with one attached hydrogen (secondary N) is 2. The number of carbonyl (C=O) groups is 1. The molecule has 3 heterocycles. The summed E-state index contributed by atoms with van der Waals surface area (Å²) in [5, 5.41) is 14.1. The molecule has 1 saturated carbocycles. The molecular formula is C16H19N3O4S. The van der Waals surface area contributed by atoms with Crippen molar-refractivity contribution in [1.82, 2.24) is 9.97 Å². The molecule has 4 rings (SSSR count). The highest BCUT2D eigenvalue weighted by molar-refractivity contribution is 7.17. The normalized spacial score (nSPS) is 29.5. The van der Waals surface area contributed by atoms with Gasteiger partial charge in [0.2, 0.25) is 5.95 Å². The van der Waals surface area contributed by atoms with Gasteiger partial charge in [0, 0.05) is 6.54 Å². The maximum absolute atomic E-state index is 12.0. The van der Waals surface area contributed by atoms with Crippen LogP contribution in [0.25, 0.3) is 10.2 Å². The monoisotopic (exact) mass is 349 g/mol. The van der Waals surface area contributed by atoms with Crippen molar-refractivity contribution in [3.05, 3.63) is 21.8 Å². The number of aromatic amines is 1. The number of thiophene rings is 1. The first kappa shape index (κ1) is 15.6. The van der Waals surface area contributed by atoms with Gasteiger partial charge in [0.05, 0.1) is 23.1 Å². The summed E-state index contributed by atoms with van der Waals surface area (Å²) in [5.74, 6) is -0.544. The summed E-state index contributed by atoms with van der Waals surface area (Å²) < 4.78 is 6.80. The lowest BCUT2D eigenvalue weighted by molar-refractivity contribution is -0.196. The van der Waals surface area contributed by atoms with E-state index < -0.39 is 5.97 Å². The smallest absolute Gasteiger partial charge is 0.306 e. The number of carboxylic acid groups (broad SMARTS) is 1. The van der Waals surface area contributed by atoms with Crippen molar-refractivity contribution < 1.29 is 14.6 Å². The van der Waals surface area contributed by atoms with E-state index in [0.717, 1.165) is 19.3 Å². The molecule has 0 radical (unpaired) electrons. The number of aliphatic carboxylic acids is 1. The molecular weight excluding hydrogens is 330 g/mol. The third-order valence-corrected chi connectivity index (χ3v) is 5.88. The van der Waals surface area contributed by atoms with Crippen LogP contribution in [0.1, 0.15) is 32.1 Å². The molecule has 2 aliphatic rings. The van der Waals surface area contributed by atoms with Gasteiger partial charge in [-0.25, -0.2) is 4.98 Å². The van der Waals surface area contributed by atoms with Crippen LogP contribution in [0, 0.1) is 5.92 Å². The first-order valence-electron chi connectivity index (χ1n) is 8.17. The largest absolute Gasteiger partial charge is 0.481 e. The molecule has 2 fully saturated rings. The second-order valence-corrected chi connectivity index (χ2v) is 7.61. The highest BCUT2D eigenvalue weighted by Crippen LogP contribution is 2.47. The van der Waals surface area contributed by atoms with Crippen LogP contribution >= 0.6 is 11.3 Å². The number of anilines is 1. The second-order valence-electron chi connectivity index (χ2n) is 6.69. The Bertz CT molecular complexity index is 824. The van der Waals surface area contributed by atoms with E-state index in [1.54, 1.807) is 0 Å². The van der Waals surface area contributed by atoms with Gasteiger partial charge in [-0.3, -0.25) is 14.6 Å². The lowest BCUT2D eigenvalue weighted by atomic mass is 9.67. The SMILES string of the molecule is O=C(O)C1CC2(CCCC(CNc3nc4ccsc4c(=O)[nH]3)O2)C1. The minimum Gasteiger partial charge on any atom is -0.481 e. The summed E-state index contributed by atoms with van der Waals surface area (Å²) in [6.45, 7) is 0.554. The van der Waals surface area contributed by atoms with E-state index >= 15 is 0 Å². The first-order chi connectivity index (χ1) is 11.5. The van der Waals surface area contributed by atoms with Gasteiger partial charge in [-0.2, -0.15) is 0 Å². The van der Waals surface area contributed by atoms with Crippen LogP contribution in [0.5, 0.6) is 0 Å². The van der Waals surface area contributed by atoms with E-state index in [2.05, 4.69) is 15.3 Å². The fourth-order valence-corrected chi connectivity index (χ4v) is 4.47. The van der Waals surface area contributed by atoms with E-state index in [1.165, 1.54) is 11.3 Å². The minimum atomic E-state index is -0.727. The third-order valence-electron chi connectivity index (χ3n) is 4.97. The quantitative estimate of drug-likeness (QED) is 0.782. The maximum atomic E-state index is 12.0. The van der Waals surface area contributed by atoms with Crippen LogP contribution in [0.4, 0.5) is 5.95 Å². The van der Waals surface area contributed by atoms with Gasteiger partial charge < -0.3 is 15.2 Å². The number of carboxylic acids is 1. The fourth-order valence-electron chi connectivity index (χ4n) is 3.75. The third kappa shape index (κ3) is 2.80. The number of hydrogen-bond acceptors (Lipinski definition) is 6. The van der Waals surface area contributed by atoms with Gasteiger partial charge in [-0.1, -0.05) is 0 Å². The van der Waals surface area contributed by atoms with Crippen molar-refractivity contribution in [2.24, 2.45) is 5.92 Å². The zero-order valence-electron chi connectivity index (χ0n) is 13.1. The molecule has 1 saturated heterocycles. The number of ether oxygens (including phenoxy) is 1. The Morgan fingerprint density at radius 1 is 1.54 bits per heavy atom. The topological polar surface area (TPSA) is 104 Å². The number of aromatic nitrogens is 2. The lowest BCUT2D eigenvalue weighted by Gasteiger charge is -2.50. The Labute approximate surface area is 142 Å². The zero-order valence-corrected chi connectivity index (χ0v) is 13.9. The predicted octanol–water partition coefficient (Wildman–Crippen LogP) is 2.20. The lowest BCUT2D eigenvalue weighted by Crippen LogP contribution is -2.53. The number of rotatable bonds is 4. The Morgan fingerprint density at radius 3 is 3.17 bits per heavy atom. The zero-order chi connectivity index (χ0) is 16.7. The minimum absolute atomic E-state index is 0.0111. The summed E-state index contributed by atoms with van der Waals surface area (Å²) >= 11 is 1.37. The van der Waals surface area contributed by atoms with Crippen LogP contribution in [-0.4, -0.2) is 39.3 Å². The number of fused-ring (bicyclic) bond motifs is 1. The van der Waals surface area contributed by atoms with Gasteiger partial charge in [0.15, 0.2) is 0 Å². The Balaban J connectivity index is 1.38. The Kier molecular flexibility index (Phi) is 3.80. The van der Waals surface area contributed by atoms with Gasteiger partial charge in [-0.15, -0.1) is 11.3 Å². The highest BCUT2D eigenvalue weighted by Gasteiger charge is 2.50. The molecule has 0 bridgehead atoms. The molecule has 1 unspecified atom stereocenters. The van der Waals surface area contributed by atoms with Crippen LogP contribution in [-0.2, 0) is 9.53 Å². The van der Waals surface area contributed by atoms with Crippen LogP contribution < -0.4 is 10.9 Å². The molecule has 3 N–H and O–H groups in total. The molecule has 0 aromatic carbocycles. The summed E-state index contributed by atoms with van der Waals surface area (Å²) in [6, 6.07) is 1.83. The van der Waals surface area contributed by atoms with E-state index in [0.29, 0.717) is 35.6 Å². The van der Waals surface area contributed by atoms with Gasteiger partial charge in [-0.05, 0) is 43.6 Å². The van der Waals surface area contributed by atoms with Gasteiger partial charge in [0.25, 0.3) is 5.56 Å². The molecule has 8 heteroatoms. The maximum Gasteiger partial charge on any atom is 0.306 e. The van der Waals surface area contributed by atoms with Crippen molar-refractivity contribution in [2.75, 3.05) is 11.9 Å². The molecule has 2 aromatic rings. The molecule has 1 spiro atoms. The van der Waals surface area contributed by atoms with Crippen molar-refractivity contribution in [1.29, 1.82) is 0 Å². The second kappa shape index (κ2) is 5.86. The van der Waals surface area contributed by atoms with Gasteiger partial charge >= 0.3 is 5.97 Å². The highest BCUT2D eigenvalue weighted by atomic mass is 32.1. The molecule has 24 heavy (non-hydrogen) atoms. The fraction of sp³-hybridized carbons (Fsp3) is 0.562. The first-order valence-corrected chi connectivity index (χ1v) is 9.05. The van der Waals surface area contributed by atoms with E-state index in [4.69, 9.17) is 9.84 Å². The van der Waals surface area contributed by atoms with Crippen molar-refractivity contribution in [2.45, 2.75) is 43.8 Å². The van der Waals surface area contributed by atoms with Crippen LogP contribution in [0.2, 0.25) is 0 Å². The Morgan fingerprint density at radius 2 is 2.38 bits per heavy atom. The van der Waals surface area contributed by atoms with Crippen LogP contribution in [0.15, 0.2) is 16.2 Å². The van der Waals surface area contributed by atoms with E-state index in [9.17, 15) is 9.59 Å². The Hall–Kier alpha value is -1.93.